The van der Waals surface area contributed by atoms with Crippen molar-refractivity contribution in [3.8, 4) is 0 Å². The second kappa shape index (κ2) is 9.21. The van der Waals surface area contributed by atoms with Crippen LogP contribution in [0, 0.1) is 6.92 Å². The number of anilines is 2. The standard InChI is InChI=1S/C24H28N6O2/c1-3-16-5-4-6-17(11-16)12-26-22-24(32)30-19(14-27-22)8-9-20(30)23(31)28-13-18-7-10-21(25)29-15(18)2/h4-7,10-11,14,20H,3,8-9,12-13H2,1-2H3,(H2,25,29)(H,26,27)(H,28,31)/t20-/m0/s1. The molecular weight excluding hydrogens is 404 g/mol. The molecule has 1 aliphatic heterocycles. The first kappa shape index (κ1) is 21.5. The Kier molecular flexibility index (Phi) is 6.20. The number of pyridine rings is 1. The smallest absolute Gasteiger partial charge is 0.294 e. The Hall–Kier alpha value is -3.68. The number of nitrogens with one attached hydrogen (secondary N) is 2. The van der Waals surface area contributed by atoms with E-state index in [4.69, 9.17) is 5.73 Å². The molecule has 1 aliphatic rings. The second-order valence-corrected chi connectivity index (χ2v) is 8.05. The first-order valence-electron chi connectivity index (χ1n) is 10.9. The van der Waals surface area contributed by atoms with Gasteiger partial charge >= 0.3 is 0 Å². The lowest BCUT2D eigenvalue weighted by molar-refractivity contribution is -0.124. The number of rotatable bonds is 7. The van der Waals surface area contributed by atoms with E-state index in [1.54, 1.807) is 16.8 Å². The minimum atomic E-state index is -0.550. The number of fused-ring (bicyclic) bond motifs is 1. The van der Waals surface area contributed by atoms with Crippen LogP contribution in [0.1, 0.15) is 47.5 Å². The minimum Gasteiger partial charge on any atom is -0.384 e. The van der Waals surface area contributed by atoms with E-state index < -0.39 is 6.04 Å². The van der Waals surface area contributed by atoms with Gasteiger partial charge in [-0.25, -0.2) is 9.97 Å². The maximum absolute atomic E-state index is 13.1. The summed E-state index contributed by atoms with van der Waals surface area (Å²) in [6.07, 6.45) is 3.86. The molecule has 8 nitrogen and oxygen atoms in total. The van der Waals surface area contributed by atoms with Gasteiger partial charge in [0.1, 0.15) is 11.9 Å². The topological polar surface area (TPSA) is 115 Å². The van der Waals surface area contributed by atoms with Crippen molar-refractivity contribution in [1.29, 1.82) is 0 Å². The van der Waals surface area contributed by atoms with Gasteiger partial charge in [0, 0.05) is 30.7 Å². The van der Waals surface area contributed by atoms with Crippen LogP contribution >= 0.6 is 0 Å². The minimum absolute atomic E-state index is 0.185. The fourth-order valence-corrected chi connectivity index (χ4v) is 4.05. The zero-order valence-corrected chi connectivity index (χ0v) is 18.4. The third kappa shape index (κ3) is 4.49. The molecule has 0 fully saturated rings. The quantitative estimate of drug-likeness (QED) is 0.528. The van der Waals surface area contributed by atoms with Crippen molar-refractivity contribution in [3.05, 3.63) is 81.0 Å². The van der Waals surface area contributed by atoms with Gasteiger partial charge in [0.05, 0.1) is 0 Å². The summed E-state index contributed by atoms with van der Waals surface area (Å²) < 4.78 is 1.57. The van der Waals surface area contributed by atoms with Crippen LogP contribution in [0.2, 0.25) is 0 Å². The van der Waals surface area contributed by atoms with E-state index in [1.807, 2.05) is 25.1 Å². The number of hydrogen-bond donors (Lipinski definition) is 3. The molecule has 1 atom stereocenters. The van der Waals surface area contributed by atoms with E-state index in [9.17, 15) is 9.59 Å². The molecule has 0 saturated heterocycles. The summed E-state index contributed by atoms with van der Waals surface area (Å²) in [7, 11) is 0. The SMILES string of the molecule is CCc1cccc(CNc2ncc3n(c2=O)[C@H](C(=O)NCc2ccc(N)nc2C)CC3)c1. The number of hydrogen-bond acceptors (Lipinski definition) is 6. The van der Waals surface area contributed by atoms with E-state index in [1.165, 1.54) is 5.56 Å². The Bertz CT molecular complexity index is 1200. The van der Waals surface area contributed by atoms with Crippen LogP contribution in [-0.2, 0) is 30.7 Å². The molecule has 2 aromatic heterocycles. The molecule has 0 bridgehead atoms. The van der Waals surface area contributed by atoms with Crippen LogP contribution < -0.4 is 21.9 Å². The van der Waals surface area contributed by atoms with Gasteiger partial charge in [-0.15, -0.1) is 0 Å². The Morgan fingerprint density at radius 2 is 2.03 bits per heavy atom. The Balaban J connectivity index is 1.47. The van der Waals surface area contributed by atoms with Crippen molar-refractivity contribution in [2.45, 2.75) is 52.2 Å². The molecule has 0 aliphatic carbocycles. The summed E-state index contributed by atoms with van der Waals surface area (Å²) in [5, 5.41) is 6.08. The number of carbonyl (C=O) groups excluding carboxylic acids is 1. The lowest BCUT2D eigenvalue weighted by atomic mass is 10.1. The van der Waals surface area contributed by atoms with E-state index in [0.717, 1.165) is 28.9 Å². The normalized spacial score (nSPS) is 14.8. The van der Waals surface area contributed by atoms with E-state index in [0.29, 0.717) is 31.7 Å². The maximum atomic E-state index is 13.1. The number of aryl methyl sites for hydroxylation is 3. The molecule has 0 spiro atoms. The molecule has 4 N–H and O–H groups in total. The van der Waals surface area contributed by atoms with Gasteiger partial charge in [0.25, 0.3) is 5.56 Å². The molecule has 3 aromatic rings. The van der Waals surface area contributed by atoms with Crippen LogP contribution in [0.5, 0.6) is 0 Å². The van der Waals surface area contributed by atoms with Gasteiger partial charge in [-0.1, -0.05) is 37.3 Å². The number of amides is 1. The number of nitrogen functional groups attached to an aromatic ring is 1. The number of nitrogens with zero attached hydrogens (tertiary/aromatic N) is 3. The predicted molar refractivity (Wildman–Crippen MR) is 124 cm³/mol. The molecule has 0 saturated carbocycles. The molecule has 4 rings (SSSR count). The van der Waals surface area contributed by atoms with Crippen LogP contribution in [0.15, 0.2) is 47.4 Å². The lowest BCUT2D eigenvalue weighted by Crippen LogP contribution is -2.36. The third-order valence-corrected chi connectivity index (χ3v) is 5.89. The predicted octanol–water partition coefficient (Wildman–Crippen LogP) is 2.51. The summed E-state index contributed by atoms with van der Waals surface area (Å²) in [5.74, 6) is 0.520. The Morgan fingerprint density at radius 1 is 1.22 bits per heavy atom. The zero-order chi connectivity index (χ0) is 22.7. The van der Waals surface area contributed by atoms with Crippen molar-refractivity contribution >= 4 is 17.5 Å². The fourth-order valence-electron chi connectivity index (χ4n) is 4.05. The first-order valence-corrected chi connectivity index (χ1v) is 10.9. The van der Waals surface area contributed by atoms with Crippen molar-refractivity contribution in [3.63, 3.8) is 0 Å². The summed E-state index contributed by atoms with van der Waals surface area (Å²) >= 11 is 0. The highest BCUT2D eigenvalue weighted by Gasteiger charge is 2.30. The fraction of sp³-hybridized carbons (Fsp3) is 0.333. The van der Waals surface area contributed by atoms with Crippen molar-refractivity contribution in [2.24, 2.45) is 0 Å². The largest absolute Gasteiger partial charge is 0.384 e. The van der Waals surface area contributed by atoms with E-state index >= 15 is 0 Å². The molecule has 3 heterocycles. The number of nitrogens with two attached hydrogens (primary N) is 1. The van der Waals surface area contributed by atoms with Gasteiger partial charge < -0.3 is 16.4 Å². The molecule has 0 radical (unpaired) electrons. The van der Waals surface area contributed by atoms with E-state index in [-0.39, 0.29) is 17.3 Å². The molecule has 0 unspecified atom stereocenters. The van der Waals surface area contributed by atoms with Gasteiger partial charge in [-0.3, -0.25) is 14.2 Å². The van der Waals surface area contributed by atoms with Crippen molar-refractivity contribution < 1.29 is 4.79 Å². The monoisotopic (exact) mass is 432 g/mol. The molecular formula is C24H28N6O2. The molecule has 8 heteroatoms. The van der Waals surface area contributed by atoms with Gasteiger partial charge in [0.2, 0.25) is 5.91 Å². The molecule has 32 heavy (non-hydrogen) atoms. The number of benzene rings is 1. The van der Waals surface area contributed by atoms with Crippen molar-refractivity contribution in [1.82, 2.24) is 19.9 Å². The summed E-state index contributed by atoms with van der Waals surface area (Å²) in [5.41, 5.74) is 10.2. The number of carbonyl (C=O) groups is 1. The molecule has 1 amide bonds. The molecule has 1 aromatic carbocycles. The van der Waals surface area contributed by atoms with Crippen LogP contribution in [-0.4, -0.2) is 20.4 Å². The highest BCUT2D eigenvalue weighted by atomic mass is 16.2. The van der Waals surface area contributed by atoms with Crippen LogP contribution in [0.3, 0.4) is 0 Å². The average Bonchev–Trinajstić information content (AvgIpc) is 3.23. The zero-order valence-electron chi connectivity index (χ0n) is 18.4. The highest BCUT2D eigenvalue weighted by molar-refractivity contribution is 5.81. The summed E-state index contributed by atoms with van der Waals surface area (Å²) in [6.45, 7) is 4.79. The van der Waals surface area contributed by atoms with Crippen molar-refractivity contribution in [2.75, 3.05) is 11.1 Å². The average molecular weight is 433 g/mol. The maximum Gasteiger partial charge on any atom is 0.294 e. The first-order chi connectivity index (χ1) is 15.5. The van der Waals surface area contributed by atoms with Crippen LogP contribution in [0.4, 0.5) is 11.6 Å². The molecule has 166 valence electrons. The lowest BCUT2D eigenvalue weighted by Gasteiger charge is -2.16. The van der Waals surface area contributed by atoms with Gasteiger partial charge in [-0.2, -0.15) is 0 Å². The van der Waals surface area contributed by atoms with E-state index in [2.05, 4.69) is 39.7 Å². The highest BCUT2D eigenvalue weighted by Crippen LogP contribution is 2.24. The second-order valence-electron chi connectivity index (χ2n) is 8.05. The Morgan fingerprint density at radius 3 is 2.81 bits per heavy atom. The van der Waals surface area contributed by atoms with Gasteiger partial charge in [0.15, 0.2) is 5.82 Å². The Labute approximate surface area is 186 Å². The third-order valence-electron chi connectivity index (χ3n) is 5.89. The van der Waals surface area contributed by atoms with Gasteiger partial charge in [-0.05, 0) is 48.9 Å². The summed E-state index contributed by atoms with van der Waals surface area (Å²) in [4.78, 5) is 34.6. The summed E-state index contributed by atoms with van der Waals surface area (Å²) in [6, 6.07) is 11.2. The van der Waals surface area contributed by atoms with Crippen LogP contribution in [0.25, 0.3) is 0 Å². The number of aromatic nitrogens is 3.